The van der Waals surface area contributed by atoms with E-state index in [9.17, 15) is 9.18 Å². The van der Waals surface area contributed by atoms with Crippen molar-refractivity contribution in [2.75, 3.05) is 32.1 Å². The van der Waals surface area contributed by atoms with E-state index in [-0.39, 0.29) is 5.91 Å². The summed E-state index contributed by atoms with van der Waals surface area (Å²) in [7, 11) is 1.60. The number of hydrogen-bond acceptors (Lipinski definition) is 4. The van der Waals surface area contributed by atoms with Crippen LogP contribution in [0.2, 0.25) is 0 Å². The molecule has 0 atom stereocenters. The first-order valence-electron chi connectivity index (χ1n) is 8.79. The van der Waals surface area contributed by atoms with Crippen LogP contribution in [0.4, 0.5) is 10.1 Å². The van der Waals surface area contributed by atoms with Gasteiger partial charge in [0.2, 0.25) is 5.91 Å². The van der Waals surface area contributed by atoms with Crippen LogP contribution in [-0.4, -0.2) is 42.5 Å². The van der Waals surface area contributed by atoms with Crippen LogP contribution in [0, 0.1) is 25.1 Å². The summed E-state index contributed by atoms with van der Waals surface area (Å²) >= 11 is 0. The number of halogens is 1. The Labute approximate surface area is 152 Å². The summed E-state index contributed by atoms with van der Waals surface area (Å²) in [6.45, 7) is 5.63. The lowest BCUT2D eigenvalue weighted by Crippen LogP contribution is -2.47. The molecule has 1 aliphatic heterocycles. The Bertz CT molecular complexity index is 791. The molecule has 2 aromatic rings. The van der Waals surface area contributed by atoms with Crippen LogP contribution >= 0.6 is 0 Å². The zero-order chi connectivity index (χ0) is 18.7. The third-order valence-corrected chi connectivity index (χ3v) is 4.91. The maximum atomic E-state index is 14.6. The van der Waals surface area contributed by atoms with Gasteiger partial charge in [-0.2, -0.15) is 5.10 Å². The molecule has 0 aliphatic carbocycles. The van der Waals surface area contributed by atoms with E-state index in [4.69, 9.17) is 4.74 Å². The number of benzene rings is 1. The first-order valence-corrected chi connectivity index (χ1v) is 8.79. The van der Waals surface area contributed by atoms with E-state index in [1.807, 2.05) is 19.9 Å². The molecular weight excluding hydrogens is 335 g/mol. The van der Waals surface area contributed by atoms with Gasteiger partial charge in [0.25, 0.3) is 0 Å². The van der Waals surface area contributed by atoms with Crippen LogP contribution in [0.3, 0.4) is 0 Å². The van der Waals surface area contributed by atoms with Crippen molar-refractivity contribution in [1.82, 2.24) is 15.1 Å². The molecule has 0 spiro atoms. The lowest BCUT2D eigenvalue weighted by atomic mass is 9.78. The standard InChI is InChI=1S/C19H25FN4O2/c1-13-10-14(2)24(23-13)17-5-4-15(11-16(17)20)22-18(25)19(12-26-3)6-8-21-9-7-19/h4-5,10-11,21H,6-9,12H2,1-3H3,(H,22,25). The number of nitrogens with zero attached hydrogens (tertiary/aromatic N) is 2. The predicted octanol–water partition coefficient (Wildman–Crippen LogP) is 2.58. The van der Waals surface area contributed by atoms with Gasteiger partial charge >= 0.3 is 0 Å². The van der Waals surface area contributed by atoms with E-state index in [0.717, 1.165) is 24.5 Å². The zero-order valence-electron chi connectivity index (χ0n) is 15.4. The van der Waals surface area contributed by atoms with E-state index in [1.165, 1.54) is 6.07 Å². The Balaban J connectivity index is 1.81. The maximum Gasteiger partial charge on any atom is 0.233 e. The van der Waals surface area contributed by atoms with Crippen LogP contribution in [0.1, 0.15) is 24.2 Å². The van der Waals surface area contributed by atoms with E-state index in [0.29, 0.717) is 30.8 Å². The fourth-order valence-electron chi connectivity index (χ4n) is 3.51. The van der Waals surface area contributed by atoms with Gasteiger partial charge in [-0.25, -0.2) is 9.07 Å². The highest BCUT2D eigenvalue weighted by Gasteiger charge is 2.39. The highest BCUT2D eigenvalue weighted by atomic mass is 19.1. The van der Waals surface area contributed by atoms with E-state index in [2.05, 4.69) is 15.7 Å². The van der Waals surface area contributed by atoms with Gasteiger partial charge in [0.15, 0.2) is 5.82 Å². The Morgan fingerprint density at radius 1 is 1.35 bits per heavy atom. The summed E-state index contributed by atoms with van der Waals surface area (Å²) in [6, 6.07) is 6.57. The van der Waals surface area contributed by atoms with Crippen LogP contribution in [0.5, 0.6) is 0 Å². The molecule has 1 aromatic carbocycles. The lowest BCUT2D eigenvalue weighted by Gasteiger charge is -2.35. The van der Waals surface area contributed by atoms with Crippen LogP contribution in [0.25, 0.3) is 5.69 Å². The molecule has 6 nitrogen and oxygen atoms in total. The summed E-state index contributed by atoms with van der Waals surface area (Å²) in [5, 5.41) is 10.4. The van der Waals surface area contributed by atoms with Crippen molar-refractivity contribution in [2.45, 2.75) is 26.7 Å². The summed E-state index contributed by atoms with van der Waals surface area (Å²) in [5.74, 6) is -0.556. The monoisotopic (exact) mass is 360 g/mol. The molecule has 0 bridgehead atoms. The van der Waals surface area contributed by atoms with Crippen molar-refractivity contribution < 1.29 is 13.9 Å². The maximum absolute atomic E-state index is 14.6. The largest absolute Gasteiger partial charge is 0.384 e. The predicted molar refractivity (Wildman–Crippen MR) is 98.0 cm³/mol. The summed E-state index contributed by atoms with van der Waals surface area (Å²) in [4.78, 5) is 12.8. The number of hydrogen-bond donors (Lipinski definition) is 2. The summed E-state index contributed by atoms with van der Waals surface area (Å²) < 4.78 is 21.5. The van der Waals surface area contributed by atoms with Crippen molar-refractivity contribution in [3.63, 3.8) is 0 Å². The number of aryl methyl sites for hydroxylation is 2. The molecule has 0 saturated carbocycles. The first-order chi connectivity index (χ1) is 12.4. The number of anilines is 1. The quantitative estimate of drug-likeness (QED) is 0.860. The molecule has 1 amide bonds. The third kappa shape index (κ3) is 3.64. The zero-order valence-corrected chi connectivity index (χ0v) is 15.4. The van der Waals surface area contributed by atoms with Gasteiger partial charge in [0.05, 0.1) is 17.7 Å². The van der Waals surface area contributed by atoms with E-state index < -0.39 is 11.2 Å². The minimum Gasteiger partial charge on any atom is -0.384 e. The second kappa shape index (κ2) is 7.55. The highest BCUT2D eigenvalue weighted by Crippen LogP contribution is 2.31. The van der Waals surface area contributed by atoms with Crippen molar-refractivity contribution in [3.8, 4) is 5.69 Å². The Kier molecular flexibility index (Phi) is 5.38. The van der Waals surface area contributed by atoms with Gasteiger partial charge < -0.3 is 15.4 Å². The Morgan fingerprint density at radius 2 is 2.08 bits per heavy atom. The molecule has 2 heterocycles. The van der Waals surface area contributed by atoms with Crippen molar-refractivity contribution >= 4 is 11.6 Å². The fourth-order valence-corrected chi connectivity index (χ4v) is 3.51. The van der Waals surface area contributed by atoms with Gasteiger partial charge in [-0.3, -0.25) is 4.79 Å². The number of nitrogens with one attached hydrogen (secondary N) is 2. The first kappa shape index (κ1) is 18.5. The Morgan fingerprint density at radius 3 is 2.65 bits per heavy atom. The summed E-state index contributed by atoms with van der Waals surface area (Å²) in [5.41, 5.74) is 1.90. The molecule has 7 heteroatoms. The molecule has 0 radical (unpaired) electrons. The van der Waals surface area contributed by atoms with E-state index >= 15 is 0 Å². The molecular formula is C19H25FN4O2. The number of carbonyl (C=O) groups is 1. The molecule has 140 valence electrons. The normalized spacial score (nSPS) is 16.5. The number of methoxy groups -OCH3 is 1. The molecule has 26 heavy (non-hydrogen) atoms. The molecule has 2 N–H and O–H groups in total. The van der Waals surface area contributed by atoms with Crippen LogP contribution in [0.15, 0.2) is 24.3 Å². The number of carbonyl (C=O) groups excluding carboxylic acids is 1. The smallest absolute Gasteiger partial charge is 0.233 e. The van der Waals surface area contributed by atoms with Gasteiger partial charge in [-0.05, 0) is 64.0 Å². The minimum absolute atomic E-state index is 0.126. The molecule has 1 fully saturated rings. The average molecular weight is 360 g/mol. The van der Waals surface area contributed by atoms with Gasteiger partial charge in [0.1, 0.15) is 5.69 Å². The van der Waals surface area contributed by atoms with Crippen molar-refractivity contribution in [3.05, 3.63) is 41.5 Å². The summed E-state index contributed by atoms with van der Waals surface area (Å²) in [6.07, 6.45) is 1.39. The van der Waals surface area contributed by atoms with Gasteiger partial charge in [-0.1, -0.05) is 0 Å². The number of ether oxygens (including phenoxy) is 1. The lowest BCUT2D eigenvalue weighted by molar-refractivity contribution is -0.130. The number of piperidine rings is 1. The second-order valence-electron chi connectivity index (χ2n) is 6.92. The molecule has 3 rings (SSSR count). The van der Waals surface area contributed by atoms with Crippen LogP contribution in [-0.2, 0) is 9.53 Å². The third-order valence-electron chi connectivity index (χ3n) is 4.91. The molecule has 0 unspecified atom stereocenters. The molecule has 1 saturated heterocycles. The highest BCUT2D eigenvalue weighted by molar-refractivity contribution is 5.95. The average Bonchev–Trinajstić information content (AvgIpc) is 2.94. The number of rotatable bonds is 5. The Hall–Kier alpha value is -2.25. The molecule has 1 aliphatic rings. The number of aromatic nitrogens is 2. The van der Waals surface area contributed by atoms with E-state index in [1.54, 1.807) is 23.9 Å². The van der Waals surface area contributed by atoms with Crippen molar-refractivity contribution in [2.24, 2.45) is 5.41 Å². The fraction of sp³-hybridized carbons (Fsp3) is 0.474. The SMILES string of the molecule is COCC1(C(=O)Nc2ccc(-n3nc(C)cc3C)c(F)c2)CCNCC1. The molecule has 1 aromatic heterocycles. The van der Waals surface area contributed by atoms with Gasteiger partial charge in [-0.15, -0.1) is 0 Å². The number of amides is 1. The van der Waals surface area contributed by atoms with Crippen molar-refractivity contribution in [1.29, 1.82) is 0 Å². The second-order valence-corrected chi connectivity index (χ2v) is 6.92. The van der Waals surface area contributed by atoms with Gasteiger partial charge in [0, 0.05) is 18.5 Å². The minimum atomic E-state index is -0.579. The van der Waals surface area contributed by atoms with Crippen LogP contribution < -0.4 is 10.6 Å². The topological polar surface area (TPSA) is 68.2 Å².